The van der Waals surface area contributed by atoms with E-state index in [2.05, 4.69) is 46.1 Å². The monoisotopic (exact) mass is 264 g/mol. The van der Waals surface area contributed by atoms with Crippen molar-refractivity contribution in [2.24, 2.45) is 0 Å². The standard InChI is InChI=1S/C3H5.C2H5.2Al.4ClH/c1-3-2;1-2;;;;;;/h3H,1-2H2;1H2,2H3;;;4*1H/q;;2*+2;;;;/p-4. The molecular formula is C5H10Al2Cl4. The third-order valence-corrected chi connectivity index (χ3v) is 0.500. The van der Waals surface area contributed by atoms with E-state index in [0.29, 0.717) is 0 Å². The molecule has 0 aromatic rings. The summed E-state index contributed by atoms with van der Waals surface area (Å²) in [7, 11) is 0. The van der Waals surface area contributed by atoms with Gasteiger partial charge < -0.3 is 49.6 Å². The Morgan fingerprint density at radius 2 is 1.18 bits per heavy atom. The summed E-state index contributed by atoms with van der Waals surface area (Å²) in [5.41, 5.74) is 0. The van der Waals surface area contributed by atoms with Crippen LogP contribution < -0.4 is 49.6 Å². The molecule has 0 aromatic carbocycles. The minimum absolute atomic E-state index is 0. The van der Waals surface area contributed by atoms with Crippen LogP contribution in [-0.2, 0) is 0 Å². The molecule has 11 heavy (non-hydrogen) atoms. The Bertz CT molecular complexity index is 37.7. The summed E-state index contributed by atoms with van der Waals surface area (Å²) in [4.78, 5) is 0. The van der Waals surface area contributed by atoms with Crippen LogP contribution in [0.2, 0.25) is 10.6 Å². The van der Waals surface area contributed by atoms with E-state index in [1.807, 2.05) is 6.08 Å². The molecule has 0 N–H and O–H groups in total. The Labute approximate surface area is 111 Å². The van der Waals surface area contributed by atoms with Gasteiger partial charge in [-0.3, -0.25) is 0 Å². The summed E-state index contributed by atoms with van der Waals surface area (Å²) in [6, 6.07) is 0. The molecule has 6 heteroatoms. The molecule has 0 atom stereocenters. The summed E-state index contributed by atoms with van der Waals surface area (Å²) in [5, 5.41) is 2.17. The first kappa shape index (κ1) is 38.3. The molecule has 0 aliphatic carbocycles. The zero-order chi connectivity index (χ0) is 6.12. The zero-order valence-corrected chi connectivity index (χ0v) is 11.7. The van der Waals surface area contributed by atoms with Crippen molar-refractivity contribution in [3.63, 3.8) is 0 Å². The maximum absolute atomic E-state index is 3.46. The Balaban J connectivity index is -0.00000000848. The fourth-order valence-electron chi connectivity index (χ4n) is 0. The van der Waals surface area contributed by atoms with E-state index >= 15 is 0 Å². The summed E-state index contributed by atoms with van der Waals surface area (Å²) < 4.78 is 0. The molecule has 0 nitrogen and oxygen atoms in total. The predicted octanol–water partition coefficient (Wildman–Crippen LogP) is -10.6. The van der Waals surface area contributed by atoms with Crippen molar-refractivity contribution in [2.75, 3.05) is 0 Å². The summed E-state index contributed by atoms with van der Waals surface area (Å²) in [5.74, 6) is 0. The number of hydrogen-bond acceptors (Lipinski definition) is 0. The maximum atomic E-state index is 3.46. The topological polar surface area (TPSA) is 0 Å². The first-order valence-corrected chi connectivity index (χ1v) is 3.97. The second-order valence-corrected chi connectivity index (χ2v) is 2.22. The molecule has 0 saturated heterocycles. The number of halogens is 4. The second kappa shape index (κ2) is 58.4. The molecule has 0 unspecified atom stereocenters. The first-order chi connectivity index (χ1) is 3.33. The van der Waals surface area contributed by atoms with Crippen LogP contribution in [-0.4, -0.2) is 32.6 Å². The van der Waals surface area contributed by atoms with Crippen molar-refractivity contribution in [3.8, 4) is 0 Å². The van der Waals surface area contributed by atoms with Crippen molar-refractivity contribution in [1.29, 1.82) is 0 Å². The van der Waals surface area contributed by atoms with E-state index in [1.165, 1.54) is 5.28 Å². The average molecular weight is 266 g/mol. The normalized spacial score (nSPS) is 4.09. The van der Waals surface area contributed by atoms with E-state index < -0.39 is 0 Å². The molecule has 0 amide bonds. The zero-order valence-electron chi connectivity index (χ0n) is 6.37. The van der Waals surface area contributed by atoms with Gasteiger partial charge in [0.1, 0.15) is 0 Å². The molecule has 0 radical (unpaired) electrons. The average Bonchev–Trinajstić information content (AvgIpc) is 1.69. The predicted molar refractivity (Wildman–Crippen MR) is 37.0 cm³/mol. The Morgan fingerprint density at radius 1 is 1.09 bits per heavy atom. The van der Waals surface area contributed by atoms with Gasteiger partial charge in [0.15, 0.2) is 0 Å². The van der Waals surface area contributed by atoms with Gasteiger partial charge in [0.05, 0.1) is 0 Å². The van der Waals surface area contributed by atoms with Gasteiger partial charge in [0.25, 0.3) is 0 Å². The van der Waals surface area contributed by atoms with Crippen LogP contribution in [0.1, 0.15) is 6.92 Å². The van der Waals surface area contributed by atoms with Gasteiger partial charge in [0, 0.05) is 0 Å². The number of allylic oxidation sites excluding steroid dienone is 1. The Kier molecular flexibility index (Phi) is 203. The largest absolute Gasteiger partial charge is 1.00 e. The van der Waals surface area contributed by atoms with E-state index in [9.17, 15) is 0 Å². The molecule has 0 bridgehead atoms. The third kappa shape index (κ3) is 135. The fourth-order valence-corrected chi connectivity index (χ4v) is 0. The van der Waals surface area contributed by atoms with Crippen LogP contribution >= 0.6 is 0 Å². The van der Waals surface area contributed by atoms with Crippen molar-refractivity contribution in [2.45, 2.75) is 17.5 Å². The molecule has 0 aliphatic rings. The van der Waals surface area contributed by atoms with Crippen molar-refractivity contribution in [1.82, 2.24) is 0 Å². The van der Waals surface area contributed by atoms with Crippen molar-refractivity contribution < 1.29 is 49.6 Å². The van der Waals surface area contributed by atoms with E-state index in [0.717, 1.165) is 5.28 Å². The van der Waals surface area contributed by atoms with Gasteiger partial charge in [0.2, 0.25) is 0 Å². The summed E-state index contributed by atoms with van der Waals surface area (Å²) >= 11 is 5.12. The fraction of sp³-hybridized carbons (Fsp3) is 0.600. The molecular weight excluding hydrogens is 256 g/mol. The summed E-state index contributed by atoms with van der Waals surface area (Å²) in [6.07, 6.45) is 1.84. The van der Waals surface area contributed by atoms with Crippen LogP contribution in [0.3, 0.4) is 0 Å². The van der Waals surface area contributed by atoms with Gasteiger partial charge in [-0.1, -0.05) is 0 Å². The van der Waals surface area contributed by atoms with Crippen molar-refractivity contribution in [3.05, 3.63) is 12.7 Å². The molecule has 64 valence electrons. The third-order valence-electron chi connectivity index (χ3n) is 0.167. The van der Waals surface area contributed by atoms with Crippen LogP contribution in [0, 0.1) is 0 Å². The van der Waals surface area contributed by atoms with Crippen molar-refractivity contribution >= 4 is 32.6 Å². The minimum Gasteiger partial charge on any atom is -1.00 e. The van der Waals surface area contributed by atoms with Crippen LogP contribution in [0.4, 0.5) is 0 Å². The van der Waals surface area contributed by atoms with Gasteiger partial charge in [-0.25, -0.2) is 0 Å². The van der Waals surface area contributed by atoms with Crippen LogP contribution in [0.25, 0.3) is 0 Å². The smallest absolute Gasteiger partial charge is 1.00 e. The van der Waals surface area contributed by atoms with E-state index in [4.69, 9.17) is 0 Å². The van der Waals surface area contributed by atoms with Gasteiger partial charge in [-0.05, 0) is 0 Å². The molecule has 0 heterocycles. The van der Waals surface area contributed by atoms with Crippen LogP contribution in [0.5, 0.6) is 0 Å². The maximum Gasteiger partial charge on any atom is -1.00 e. The number of rotatable bonds is 1. The Hall–Kier alpha value is 1.96. The molecule has 0 saturated carbocycles. The Morgan fingerprint density at radius 3 is 1.18 bits per heavy atom. The molecule has 0 aromatic heterocycles. The molecule has 0 fully saturated rings. The van der Waals surface area contributed by atoms with Gasteiger partial charge >= 0.3 is 62.7 Å². The SMILES string of the molecule is C=C[CH2][Al+2].C[CH2][Al+2].[Cl-].[Cl-].[Cl-].[Cl-]. The quantitative estimate of drug-likeness (QED) is 0.326. The second-order valence-electron chi connectivity index (χ2n) is 0.933. The first-order valence-electron chi connectivity index (χ1n) is 2.34. The summed E-state index contributed by atoms with van der Waals surface area (Å²) in [6.45, 7) is 5.55. The molecule has 0 spiro atoms. The van der Waals surface area contributed by atoms with E-state index in [-0.39, 0.29) is 49.6 Å². The minimum atomic E-state index is 0. The van der Waals surface area contributed by atoms with E-state index in [1.54, 1.807) is 0 Å². The van der Waals surface area contributed by atoms with Gasteiger partial charge in [-0.15, -0.1) is 0 Å². The van der Waals surface area contributed by atoms with Crippen LogP contribution in [0.15, 0.2) is 12.7 Å². The number of hydrogen-bond donors (Lipinski definition) is 0. The molecule has 0 aliphatic heterocycles. The molecule has 0 rings (SSSR count). The van der Waals surface area contributed by atoms with Gasteiger partial charge in [-0.2, -0.15) is 0 Å².